The summed E-state index contributed by atoms with van der Waals surface area (Å²) in [7, 11) is 0. The van der Waals surface area contributed by atoms with E-state index in [9.17, 15) is 9.59 Å². The number of ether oxygens (including phenoxy) is 2. The van der Waals surface area contributed by atoms with Crippen LogP contribution in [-0.4, -0.2) is 12.6 Å². The van der Waals surface area contributed by atoms with Crippen LogP contribution in [0, 0.1) is 6.92 Å². The van der Waals surface area contributed by atoms with Gasteiger partial charge >= 0.3 is 5.97 Å². The molecule has 0 aliphatic carbocycles. The lowest BCUT2D eigenvalue weighted by atomic mass is 10.1. The molecule has 3 aromatic carbocycles. The largest absolute Gasteiger partial charge is 0.474 e. The van der Waals surface area contributed by atoms with Crippen molar-refractivity contribution in [2.24, 2.45) is 0 Å². The Bertz CT molecular complexity index is 1230. The summed E-state index contributed by atoms with van der Waals surface area (Å²) in [4.78, 5) is 25.3. The molecule has 0 aliphatic heterocycles. The van der Waals surface area contributed by atoms with Crippen LogP contribution in [0.15, 0.2) is 88.1 Å². The first-order valence-electron chi connectivity index (χ1n) is 9.57. The molecular weight excluding hydrogens is 380 g/mol. The van der Waals surface area contributed by atoms with Crippen molar-refractivity contribution in [1.82, 2.24) is 0 Å². The highest BCUT2D eigenvalue weighted by molar-refractivity contribution is 5.82. The van der Waals surface area contributed by atoms with Crippen LogP contribution in [-0.2, 0) is 16.1 Å². The Labute approximate surface area is 173 Å². The van der Waals surface area contributed by atoms with Gasteiger partial charge in [0.05, 0.1) is 5.39 Å². The Morgan fingerprint density at radius 3 is 2.37 bits per heavy atom. The molecule has 0 amide bonds. The first kappa shape index (κ1) is 19.5. The summed E-state index contributed by atoms with van der Waals surface area (Å²) >= 11 is 0. The summed E-state index contributed by atoms with van der Waals surface area (Å²) in [5, 5.41) is 0.396. The van der Waals surface area contributed by atoms with E-state index in [2.05, 4.69) is 0 Å². The fraction of sp³-hybridized carbons (Fsp3) is 0.120. The van der Waals surface area contributed by atoms with Crippen molar-refractivity contribution in [2.75, 3.05) is 6.61 Å². The Morgan fingerprint density at radius 1 is 0.933 bits per heavy atom. The third-order valence-corrected chi connectivity index (χ3v) is 4.62. The molecule has 0 N–H and O–H groups in total. The number of hydrogen-bond acceptors (Lipinski definition) is 5. The molecule has 0 atom stereocenters. The van der Waals surface area contributed by atoms with E-state index in [-0.39, 0.29) is 23.5 Å². The summed E-state index contributed by atoms with van der Waals surface area (Å²) in [6.45, 7) is 1.67. The van der Waals surface area contributed by atoms with Crippen LogP contribution < -0.4 is 10.2 Å². The minimum atomic E-state index is -0.568. The van der Waals surface area contributed by atoms with Gasteiger partial charge in [0.25, 0.3) is 0 Å². The van der Waals surface area contributed by atoms with Gasteiger partial charge < -0.3 is 13.9 Å². The fourth-order valence-corrected chi connectivity index (χ4v) is 3.10. The zero-order valence-corrected chi connectivity index (χ0v) is 16.5. The van der Waals surface area contributed by atoms with Crippen LogP contribution in [0.5, 0.6) is 5.75 Å². The van der Waals surface area contributed by atoms with Crippen LogP contribution >= 0.6 is 0 Å². The van der Waals surface area contributed by atoms with Crippen molar-refractivity contribution in [3.05, 3.63) is 100 Å². The molecule has 1 heterocycles. The van der Waals surface area contributed by atoms with Crippen molar-refractivity contribution in [3.8, 4) is 17.1 Å². The lowest BCUT2D eigenvalue weighted by Gasteiger charge is -2.12. The second-order valence-electron chi connectivity index (χ2n) is 6.89. The van der Waals surface area contributed by atoms with Gasteiger partial charge in [-0.3, -0.25) is 4.79 Å². The maximum Gasteiger partial charge on any atom is 0.344 e. The van der Waals surface area contributed by atoms with Gasteiger partial charge in [0.15, 0.2) is 12.4 Å². The number of aryl methyl sites for hydroxylation is 1. The van der Waals surface area contributed by atoms with Crippen molar-refractivity contribution < 1.29 is 18.7 Å². The van der Waals surface area contributed by atoms with Gasteiger partial charge in [-0.2, -0.15) is 0 Å². The van der Waals surface area contributed by atoms with Crippen LogP contribution in [0.2, 0.25) is 0 Å². The monoisotopic (exact) mass is 400 g/mol. The molecule has 4 aromatic rings. The molecule has 0 bridgehead atoms. The number of benzene rings is 3. The summed E-state index contributed by atoms with van der Waals surface area (Å²) in [5.41, 5.74) is 2.67. The average molecular weight is 400 g/mol. The van der Waals surface area contributed by atoms with Crippen LogP contribution in [0.4, 0.5) is 0 Å². The first-order chi connectivity index (χ1) is 14.6. The summed E-state index contributed by atoms with van der Waals surface area (Å²) in [6.07, 6.45) is 0. The fourth-order valence-electron chi connectivity index (χ4n) is 3.10. The van der Waals surface area contributed by atoms with Crippen LogP contribution in [0.1, 0.15) is 11.1 Å². The second kappa shape index (κ2) is 8.66. The van der Waals surface area contributed by atoms with E-state index >= 15 is 0 Å². The molecule has 0 unspecified atom stereocenters. The molecule has 0 fully saturated rings. The summed E-state index contributed by atoms with van der Waals surface area (Å²) in [5.74, 6) is -0.287. The predicted octanol–water partition coefficient (Wildman–Crippen LogP) is 4.89. The van der Waals surface area contributed by atoms with E-state index in [4.69, 9.17) is 13.9 Å². The van der Waals surface area contributed by atoms with Crippen LogP contribution in [0.25, 0.3) is 22.3 Å². The highest BCUT2D eigenvalue weighted by atomic mass is 16.6. The second-order valence-corrected chi connectivity index (χ2v) is 6.89. The highest BCUT2D eigenvalue weighted by Gasteiger charge is 2.19. The number of carbonyl (C=O) groups excluding carboxylic acids is 1. The van der Waals surface area contributed by atoms with E-state index in [0.717, 1.165) is 11.1 Å². The van der Waals surface area contributed by atoms with Gasteiger partial charge in [-0.1, -0.05) is 66.7 Å². The smallest absolute Gasteiger partial charge is 0.344 e. The molecule has 0 radical (unpaired) electrons. The zero-order chi connectivity index (χ0) is 20.9. The summed E-state index contributed by atoms with van der Waals surface area (Å²) < 4.78 is 16.9. The quantitative estimate of drug-likeness (QED) is 0.431. The average Bonchev–Trinajstić information content (AvgIpc) is 2.78. The molecule has 1 aromatic heterocycles. The molecule has 5 heteroatoms. The van der Waals surface area contributed by atoms with E-state index in [1.807, 2.05) is 73.7 Å². The van der Waals surface area contributed by atoms with Gasteiger partial charge in [0.1, 0.15) is 12.2 Å². The van der Waals surface area contributed by atoms with E-state index in [1.54, 1.807) is 12.1 Å². The highest BCUT2D eigenvalue weighted by Crippen LogP contribution is 2.31. The minimum Gasteiger partial charge on any atom is -0.474 e. The number of rotatable bonds is 6. The molecule has 0 saturated carbocycles. The molecule has 0 spiro atoms. The van der Waals surface area contributed by atoms with Gasteiger partial charge in [0, 0.05) is 5.56 Å². The Kier molecular flexibility index (Phi) is 5.61. The van der Waals surface area contributed by atoms with Gasteiger partial charge in [-0.25, -0.2) is 4.79 Å². The third-order valence-electron chi connectivity index (χ3n) is 4.62. The molecule has 5 nitrogen and oxygen atoms in total. The maximum absolute atomic E-state index is 13.1. The van der Waals surface area contributed by atoms with Gasteiger partial charge in [0.2, 0.25) is 11.2 Å². The van der Waals surface area contributed by atoms with E-state index in [1.165, 1.54) is 0 Å². The minimum absolute atomic E-state index is 0.00536. The number of carbonyl (C=O) groups is 1. The number of hydrogen-bond donors (Lipinski definition) is 0. The topological polar surface area (TPSA) is 65.7 Å². The normalized spacial score (nSPS) is 10.7. The number of fused-ring (bicyclic) bond motifs is 1. The van der Waals surface area contributed by atoms with Crippen molar-refractivity contribution in [3.63, 3.8) is 0 Å². The lowest BCUT2D eigenvalue weighted by Crippen LogP contribution is -2.19. The molecule has 0 saturated heterocycles. The van der Waals surface area contributed by atoms with E-state index < -0.39 is 12.6 Å². The molecule has 4 rings (SSSR count). The Hall–Kier alpha value is -3.86. The molecular formula is C25H20O5. The van der Waals surface area contributed by atoms with Crippen molar-refractivity contribution in [1.29, 1.82) is 0 Å². The standard InChI is InChI=1S/C25H20O5/c1-17-12-13-20-21(14-17)30-24(19-10-6-3-7-11-19)25(23(20)27)29-16-22(26)28-15-18-8-4-2-5-9-18/h2-14H,15-16H2,1H3. The number of esters is 1. The lowest BCUT2D eigenvalue weighted by molar-refractivity contribution is -0.147. The summed E-state index contributed by atoms with van der Waals surface area (Å²) in [6, 6.07) is 23.9. The van der Waals surface area contributed by atoms with Gasteiger partial charge in [-0.15, -0.1) is 0 Å². The van der Waals surface area contributed by atoms with Crippen LogP contribution in [0.3, 0.4) is 0 Å². The van der Waals surface area contributed by atoms with E-state index in [0.29, 0.717) is 16.5 Å². The van der Waals surface area contributed by atoms with Gasteiger partial charge in [-0.05, 0) is 30.2 Å². The third kappa shape index (κ3) is 4.25. The first-order valence-corrected chi connectivity index (χ1v) is 9.57. The zero-order valence-electron chi connectivity index (χ0n) is 16.5. The maximum atomic E-state index is 13.1. The van der Waals surface area contributed by atoms with Crippen molar-refractivity contribution in [2.45, 2.75) is 13.5 Å². The Balaban J connectivity index is 1.62. The molecule has 150 valence electrons. The van der Waals surface area contributed by atoms with Crippen molar-refractivity contribution >= 4 is 16.9 Å². The molecule has 30 heavy (non-hydrogen) atoms. The molecule has 0 aliphatic rings. The predicted molar refractivity (Wildman–Crippen MR) is 114 cm³/mol. The SMILES string of the molecule is Cc1ccc2c(=O)c(OCC(=O)OCc3ccccc3)c(-c3ccccc3)oc2c1. The Morgan fingerprint density at radius 2 is 1.63 bits per heavy atom.